The summed E-state index contributed by atoms with van der Waals surface area (Å²) in [6, 6.07) is 29.3. The van der Waals surface area contributed by atoms with Crippen molar-refractivity contribution in [1.82, 2.24) is 0 Å². The maximum absolute atomic E-state index is 13.0. The molecule has 2 heterocycles. The van der Waals surface area contributed by atoms with Crippen molar-refractivity contribution in [2.75, 3.05) is 6.61 Å². The van der Waals surface area contributed by atoms with Crippen molar-refractivity contribution in [1.29, 1.82) is 0 Å². The molecule has 0 bridgehead atoms. The predicted molar refractivity (Wildman–Crippen MR) is 119 cm³/mol. The minimum absolute atomic E-state index is 0.250. The molecule has 5 rings (SSSR count). The SMILES string of the molecule is [O-]C1OC2COC(c3ccccc3)OC2C(OCc2ccccc2)C1OCc1ccccc1. The summed E-state index contributed by atoms with van der Waals surface area (Å²) >= 11 is 0. The third kappa shape index (κ3) is 5.33. The lowest BCUT2D eigenvalue weighted by Gasteiger charge is -2.51. The van der Waals surface area contributed by atoms with Gasteiger partial charge in [0.1, 0.15) is 18.3 Å². The lowest BCUT2D eigenvalue weighted by atomic mass is 9.97. The molecule has 6 unspecified atom stereocenters. The first-order chi connectivity index (χ1) is 16.3. The van der Waals surface area contributed by atoms with Crippen LogP contribution >= 0.6 is 0 Å². The van der Waals surface area contributed by atoms with Crippen molar-refractivity contribution in [3.05, 3.63) is 108 Å². The fourth-order valence-corrected chi connectivity index (χ4v) is 4.23. The van der Waals surface area contributed by atoms with Crippen LogP contribution in [0.15, 0.2) is 91.0 Å². The van der Waals surface area contributed by atoms with E-state index < -0.39 is 37.0 Å². The molecule has 0 aliphatic carbocycles. The van der Waals surface area contributed by atoms with Gasteiger partial charge in [-0.05, 0) is 11.1 Å². The topological polar surface area (TPSA) is 69.2 Å². The Morgan fingerprint density at radius 1 is 0.697 bits per heavy atom. The van der Waals surface area contributed by atoms with E-state index in [-0.39, 0.29) is 13.2 Å². The Bertz CT molecular complexity index is 983. The summed E-state index contributed by atoms with van der Waals surface area (Å²) in [5.74, 6) is 0. The Labute approximate surface area is 193 Å². The van der Waals surface area contributed by atoms with Crippen molar-refractivity contribution < 1.29 is 28.8 Å². The fourth-order valence-electron chi connectivity index (χ4n) is 4.23. The molecule has 2 fully saturated rings. The summed E-state index contributed by atoms with van der Waals surface area (Å²) in [6.07, 6.45) is -4.42. The Balaban J connectivity index is 1.36. The van der Waals surface area contributed by atoms with Gasteiger partial charge in [0.2, 0.25) is 0 Å². The van der Waals surface area contributed by atoms with Crippen LogP contribution in [-0.4, -0.2) is 37.3 Å². The highest BCUT2D eigenvalue weighted by molar-refractivity contribution is 5.17. The van der Waals surface area contributed by atoms with E-state index in [1.807, 2.05) is 91.0 Å². The monoisotopic (exact) mass is 447 g/mol. The Hall–Kier alpha value is -2.58. The minimum Gasteiger partial charge on any atom is -0.829 e. The molecule has 6 atom stereocenters. The fraction of sp³-hybridized carbons (Fsp3) is 0.333. The first kappa shape index (κ1) is 22.2. The predicted octanol–water partition coefficient (Wildman–Crippen LogP) is 3.36. The van der Waals surface area contributed by atoms with Crippen molar-refractivity contribution in [2.45, 2.75) is 50.2 Å². The zero-order valence-electron chi connectivity index (χ0n) is 18.2. The number of ether oxygens (including phenoxy) is 5. The van der Waals surface area contributed by atoms with E-state index in [4.69, 9.17) is 23.7 Å². The lowest BCUT2D eigenvalue weighted by Crippen LogP contribution is -2.66. The molecule has 0 amide bonds. The molecular formula is C27H27O6-. The van der Waals surface area contributed by atoms with Crippen LogP contribution in [0.25, 0.3) is 0 Å². The van der Waals surface area contributed by atoms with Gasteiger partial charge in [0.15, 0.2) is 6.29 Å². The van der Waals surface area contributed by atoms with Crippen molar-refractivity contribution in [3.63, 3.8) is 0 Å². The van der Waals surface area contributed by atoms with E-state index in [0.717, 1.165) is 16.7 Å². The highest BCUT2D eigenvalue weighted by atomic mass is 16.7. The summed E-state index contributed by atoms with van der Waals surface area (Å²) in [4.78, 5) is 0. The molecule has 3 aromatic carbocycles. The zero-order chi connectivity index (χ0) is 22.5. The highest BCUT2D eigenvalue weighted by Gasteiger charge is 2.48. The largest absolute Gasteiger partial charge is 0.829 e. The second-order valence-corrected chi connectivity index (χ2v) is 8.24. The molecule has 172 valence electrons. The van der Waals surface area contributed by atoms with Crippen molar-refractivity contribution >= 4 is 0 Å². The second-order valence-electron chi connectivity index (χ2n) is 8.24. The van der Waals surface area contributed by atoms with Gasteiger partial charge in [-0.1, -0.05) is 91.0 Å². The number of hydrogen-bond acceptors (Lipinski definition) is 6. The standard InChI is InChI=1S/C27H27O6/c28-26-25(30-17-20-12-6-2-7-13-20)24(29-16-19-10-4-1-5-11-19)23-22(32-26)18-31-27(33-23)21-14-8-3-9-15-21/h1-15,22-27H,16-18H2/q-1. The summed E-state index contributed by atoms with van der Waals surface area (Å²) in [5.41, 5.74) is 2.89. The number of benzene rings is 3. The molecule has 2 aliphatic heterocycles. The molecule has 33 heavy (non-hydrogen) atoms. The van der Waals surface area contributed by atoms with E-state index in [2.05, 4.69) is 0 Å². The highest BCUT2D eigenvalue weighted by Crippen LogP contribution is 2.35. The number of fused-ring (bicyclic) bond motifs is 1. The van der Waals surface area contributed by atoms with Crippen LogP contribution in [0.1, 0.15) is 23.0 Å². The summed E-state index contributed by atoms with van der Waals surface area (Å²) in [6.45, 7) is 0.876. The molecule has 6 heteroatoms. The van der Waals surface area contributed by atoms with Crippen LogP contribution in [-0.2, 0) is 36.9 Å². The molecule has 0 aromatic heterocycles. The lowest BCUT2D eigenvalue weighted by molar-refractivity contribution is -0.543. The third-order valence-electron chi connectivity index (χ3n) is 5.93. The molecule has 6 nitrogen and oxygen atoms in total. The quantitative estimate of drug-likeness (QED) is 0.553. The van der Waals surface area contributed by atoms with Crippen molar-refractivity contribution in [2.24, 2.45) is 0 Å². The van der Waals surface area contributed by atoms with E-state index in [0.29, 0.717) is 6.61 Å². The van der Waals surface area contributed by atoms with Gasteiger partial charge in [-0.15, -0.1) is 0 Å². The maximum Gasteiger partial charge on any atom is 0.184 e. The van der Waals surface area contributed by atoms with Crippen LogP contribution in [0.4, 0.5) is 0 Å². The molecule has 0 spiro atoms. The van der Waals surface area contributed by atoms with Gasteiger partial charge in [-0.3, -0.25) is 0 Å². The smallest absolute Gasteiger partial charge is 0.184 e. The molecular weight excluding hydrogens is 420 g/mol. The molecule has 0 radical (unpaired) electrons. The minimum atomic E-state index is -1.41. The normalized spacial score (nSPS) is 29.4. The average molecular weight is 448 g/mol. The van der Waals surface area contributed by atoms with Crippen LogP contribution in [0.3, 0.4) is 0 Å². The van der Waals surface area contributed by atoms with Crippen LogP contribution in [0, 0.1) is 0 Å². The molecule has 2 saturated heterocycles. The molecule has 2 aliphatic rings. The summed E-state index contributed by atoms with van der Waals surface area (Å²) in [5, 5.41) is 13.0. The Morgan fingerprint density at radius 3 is 1.85 bits per heavy atom. The Morgan fingerprint density at radius 2 is 1.24 bits per heavy atom. The van der Waals surface area contributed by atoms with Crippen LogP contribution in [0.5, 0.6) is 0 Å². The van der Waals surface area contributed by atoms with Gasteiger partial charge in [0.05, 0.1) is 25.9 Å². The third-order valence-corrected chi connectivity index (χ3v) is 5.93. The van der Waals surface area contributed by atoms with E-state index in [9.17, 15) is 5.11 Å². The second kappa shape index (κ2) is 10.6. The van der Waals surface area contributed by atoms with Gasteiger partial charge < -0.3 is 28.8 Å². The maximum atomic E-state index is 13.0. The average Bonchev–Trinajstić information content (AvgIpc) is 2.88. The van der Waals surface area contributed by atoms with Gasteiger partial charge >= 0.3 is 0 Å². The van der Waals surface area contributed by atoms with Gasteiger partial charge in [0.25, 0.3) is 0 Å². The van der Waals surface area contributed by atoms with E-state index >= 15 is 0 Å². The summed E-state index contributed by atoms with van der Waals surface area (Å²) in [7, 11) is 0. The van der Waals surface area contributed by atoms with Gasteiger partial charge in [-0.25, -0.2) is 0 Å². The summed E-state index contributed by atoms with van der Waals surface area (Å²) < 4.78 is 30.3. The van der Waals surface area contributed by atoms with E-state index in [1.54, 1.807) is 0 Å². The first-order valence-corrected chi connectivity index (χ1v) is 11.2. The number of rotatable bonds is 7. The number of hydrogen-bond donors (Lipinski definition) is 0. The van der Waals surface area contributed by atoms with Crippen molar-refractivity contribution in [3.8, 4) is 0 Å². The van der Waals surface area contributed by atoms with Gasteiger partial charge in [0, 0.05) is 11.9 Å². The zero-order valence-corrected chi connectivity index (χ0v) is 18.2. The molecule has 0 N–H and O–H groups in total. The molecule has 0 saturated carbocycles. The molecule has 3 aromatic rings. The van der Waals surface area contributed by atoms with Crippen LogP contribution < -0.4 is 5.11 Å². The first-order valence-electron chi connectivity index (χ1n) is 11.2. The van der Waals surface area contributed by atoms with Crippen LogP contribution in [0.2, 0.25) is 0 Å². The van der Waals surface area contributed by atoms with E-state index in [1.165, 1.54) is 0 Å². The Kier molecular flexibility index (Phi) is 7.12. The van der Waals surface area contributed by atoms with Gasteiger partial charge in [-0.2, -0.15) is 0 Å².